The van der Waals surface area contributed by atoms with Gasteiger partial charge in [0.15, 0.2) is 0 Å². The number of halogens is 2. The van der Waals surface area contributed by atoms with Crippen molar-refractivity contribution in [2.45, 2.75) is 0 Å². The van der Waals surface area contributed by atoms with Crippen LogP contribution in [0.5, 0.6) is 5.75 Å². The Morgan fingerprint density at radius 1 is 1.12 bits per heavy atom. The Hall–Kier alpha value is -0.940. The van der Waals surface area contributed by atoms with Gasteiger partial charge in [-0.2, -0.15) is 0 Å². The molecule has 0 bridgehead atoms. The topological polar surface area (TPSA) is 35.0 Å². The summed E-state index contributed by atoms with van der Waals surface area (Å²) in [4.78, 5) is 8.54. The van der Waals surface area contributed by atoms with Crippen LogP contribution in [0.2, 0.25) is 0 Å². The Morgan fingerprint density at radius 2 is 1.81 bits per heavy atom. The lowest BCUT2D eigenvalue weighted by Crippen LogP contribution is -1.89. The highest BCUT2D eigenvalue weighted by Crippen LogP contribution is 2.26. The summed E-state index contributed by atoms with van der Waals surface area (Å²) in [5, 5.41) is 0. The van der Waals surface area contributed by atoms with E-state index in [4.69, 9.17) is 4.74 Å². The lowest BCUT2D eigenvalue weighted by atomic mass is 10.1. The first kappa shape index (κ1) is 11.5. The minimum Gasteiger partial charge on any atom is -0.497 e. The van der Waals surface area contributed by atoms with Gasteiger partial charge < -0.3 is 4.74 Å². The highest BCUT2D eigenvalue weighted by molar-refractivity contribution is 9.11. The largest absolute Gasteiger partial charge is 0.497 e. The lowest BCUT2D eigenvalue weighted by Gasteiger charge is -2.04. The third kappa shape index (κ3) is 2.41. The Bertz CT molecular complexity index is 500. The number of hydrogen-bond acceptors (Lipinski definition) is 3. The van der Waals surface area contributed by atoms with Gasteiger partial charge in [-0.15, -0.1) is 0 Å². The van der Waals surface area contributed by atoms with Gasteiger partial charge in [0.1, 0.15) is 20.6 Å². The zero-order valence-corrected chi connectivity index (χ0v) is 11.6. The molecule has 0 radical (unpaired) electrons. The first-order valence-corrected chi connectivity index (χ1v) is 6.12. The number of aromatic nitrogens is 2. The van der Waals surface area contributed by atoms with Gasteiger partial charge in [-0.25, -0.2) is 4.98 Å². The fourth-order valence-corrected chi connectivity index (χ4v) is 2.33. The molecule has 0 amide bonds. The average Bonchev–Trinajstić information content (AvgIpc) is 2.29. The first-order chi connectivity index (χ1) is 7.70. The molecule has 1 aromatic carbocycles. The van der Waals surface area contributed by atoms with Crippen LogP contribution in [-0.4, -0.2) is 17.1 Å². The van der Waals surface area contributed by atoms with Gasteiger partial charge in [-0.3, -0.25) is 4.98 Å². The second-order valence-electron chi connectivity index (χ2n) is 3.06. The summed E-state index contributed by atoms with van der Waals surface area (Å²) < 4.78 is 6.52. The van der Waals surface area contributed by atoms with Crippen LogP contribution in [-0.2, 0) is 0 Å². The molecule has 2 rings (SSSR count). The molecule has 0 fully saturated rings. The lowest BCUT2D eigenvalue weighted by molar-refractivity contribution is 0.415. The quantitative estimate of drug-likeness (QED) is 0.834. The van der Waals surface area contributed by atoms with Crippen LogP contribution < -0.4 is 4.74 Å². The molecular formula is C11H8Br2N2O. The molecule has 2 aromatic rings. The SMILES string of the molecule is COc1ccc(-c2ncc(Br)nc2Br)cc1. The summed E-state index contributed by atoms with van der Waals surface area (Å²) in [6, 6.07) is 7.68. The van der Waals surface area contributed by atoms with Gasteiger partial charge in [0, 0.05) is 5.56 Å². The van der Waals surface area contributed by atoms with E-state index in [1.165, 1.54) is 0 Å². The minimum absolute atomic E-state index is 0.705. The maximum Gasteiger partial charge on any atom is 0.133 e. The van der Waals surface area contributed by atoms with E-state index in [0.29, 0.717) is 9.21 Å². The molecule has 3 nitrogen and oxygen atoms in total. The molecule has 1 heterocycles. The van der Waals surface area contributed by atoms with Crippen molar-refractivity contribution in [1.82, 2.24) is 9.97 Å². The van der Waals surface area contributed by atoms with Crippen LogP contribution in [0, 0.1) is 0 Å². The molecule has 0 saturated carbocycles. The molecule has 5 heteroatoms. The first-order valence-electron chi connectivity index (χ1n) is 4.53. The fraction of sp³-hybridized carbons (Fsp3) is 0.0909. The molecule has 0 saturated heterocycles. The van der Waals surface area contributed by atoms with Crippen LogP contribution in [0.15, 0.2) is 39.7 Å². The number of ether oxygens (including phenoxy) is 1. The molecule has 0 unspecified atom stereocenters. The number of nitrogens with zero attached hydrogens (tertiary/aromatic N) is 2. The average molecular weight is 344 g/mol. The smallest absolute Gasteiger partial charge is 0.133 e. The van der Waals surface area contributed by atoms with Gasteiger partial charge in [-0.05, 0) is 56.1 Å². The molecule has 0 aliphatic carbocycles. The number of hydrogen-bond donors (Lipinski definition) is 0. The van der Waals surface area contributed by atoms with Crippen molar-refractivity contribution < 1.29 is 4.74 Å². The van der Waals surface area contributed by atoms with Crippen molar-refractivity contribution in [3.8, 4) is 17.0 Å². The van der Waals surface area contributed by atoms with Crippen molar-refractivity contribution in [1.29, 1.82) is 0 Å². The van der Waals surface area contributed by atoms with Gasteiger partial charge in [0.25, 0.3) is 0 Å². The van der Waals surface area contributed by atoms with E-state index in [-0.39, 0.29) is 0 Å². The Labute approximate surface area is 110 Å². The summed E-state index contributed by atoms with van der Waals surface area (Å²) in [5.74, 6) is 0.824. The number of methoxy groups -OCH3 is 1. The summed E-state index contributed by atoms with van der Waals surface area (Å²) >= 11 is 6.65. The van der Waals surface area contributed by atoms with E-state index in [9.17, 15) is 0 Å². The number of benzene rings is 1. The predicted octanol–water partition coefficient (Wildman–Crippen LogP) is 3.68. The van der Waals surface area contributed by atoms with E-state index in [2.05, 4.69) is 41.8 Å². The van der Waals surface area contributed by atoms with E-state index >= 15 is 0 Å². The van der Waals surface area contributed by atoms with Crippen LogP contribution in [0.25, 0.3) is 11.3 Å². The summed E-state index contributed by atoms with van der Waals surface area (Å²) in [6.45, 7) is 0. The molecule has 0 aliphatic heterocycles. The molecule has 82 valence electrons. The van der Waals surface area contributed by atoms with Crippen molar-refractivity contribution in [3.05, 3.63) is 39.7 Å². The maximum atomic E-state index is 5.10. The van der Waals surface area contributed by atoms with E-state index < -0.39 is 0 Å². The second-order valence-corrected chi connectivity index (χ2v) is 4.62. The minimum atomic E-state index is 0.705. The number of rotatable bonds is 2. The highest BCUT2D eigenvalue weighted by atomic mass is 79.9. The Morgan fingerprint density at radius 3 is 2.38 bits per heavy atom. The zero-order valence-electron chi connectivity index (χ0n) is 8.45. The van der Waals surface area contributed by atoms with Gasteiger partial charge >= 0.3 is 0 Å². The standard InChI is InChI=1S/C11H8Br2N2O/c1-16-8-4-2-7(3-5-8)10-11(13)15-9(12)6-14-10/h2-6H,1H3. The predicted molar refractivity (Wildman–Crippen MR) is 69.4 cm³/mol. The van der Waals surface area contributed by atoms with Gasteiger partial charge in [0.2, 0.25) is 0 Å². The van der Waals surface area contributed by atoms with Crippen LogP contribution >= 0.6 is 31.9 Å². The normalized spacial score (nSPS) is 10.2. The summed E-state index contributed by atoms with van der Waals surface area (Å²) in [7, 11) is 1.64. The third-order valence-corrected chi connectivity index (χ3v) is 3.00. The van der Waals surface area contributed by atoms with Crippen LogP contribution in [0.4, 0.5) is 0 Å². The molecular weight excluding hydrogens is 336 g/mol. The van der Waals surface area contributed by atoms with Crippen molar-refractivity contribution in [2.75, 3.05) is 7.11 Å². The van der Waals surface area contributed by atoms with Crippen LogP contribution in [0.1, 0.15) is 0 Å². The molecule has 16 heavy (non-hydrogen) atoms. The maximum absolute atomic E-state index is 5.10. The van der Waals surface area contributed by atoms with Gasteiger partial charge in [0.05, 0.1) is 13.3 Å². The van der Waals surface area contributed by atoms with Gasteiger partial charge in [-0.1, -0.05) is 0 Å². The van der Waals surface area contributed by atoms with E-state index in [1.54, 1.807) is 13.3 Å². The Kier molecular flexibility index (Phi) is 3.56. The highest BCUT2D eigenvalue weighted by Gasteiger charge is 2.06. The van der Waals surface area contributed by atoms with E-state index in [0.717, 1.165) is 17.0 Å². The van der Waals surface area contributed by atoms with Crippen molar-refractivity contribution >= 4 is 31.9 Å². The molecule has 0 spiro atoms. The monoisotopic (exact) mass is 342 g/mol. The van der Waals surface area contributed by atoms with Crippen LogP contribution in [0.3, 0.4) is 0 Å². The molecule has 0 atom stereocenters. The third-order valence-electron chi connectivity index (χ3n) is 2.06. The zero-order chi connectivity index (χ0) is 11.5. The molecule has 0 N–H and O–H groups in total. The fourth-order valence-electron chi connectivity index (χ4n) is 1.29. The summed E-state index contributed by atoms with van der Waals surface area (Å²) in [6.07, 6.45) is 1.67. The van der Waals surface area contributed by atoms with Crippen molar-refractivity contribution in [2.24, 2.45) is 0 Å². The molecule has 0 aliphatic rings. The Balaban J connectivity index is 2.42. The van der Waals surface area contributed by atoms with Crippen molar-refractivity contribution in [3.63, 3.8) is 0 Å². The van der Waals surface area contributed by atoms with E-state index in [1.807, 2.05) is 24.3 Å². The summed E-state index contributed by atoms with van der Waals surface area (Å²) in [5.41, 5.74) is 1.80. The molecule has 1 aromatic heterocycles. The second kappa shape index (κ2) is 4.93.